The van der Waals surface area contributed by atoms with Crippen molar-refractivity contribution in [2.45, 2.75) is 32.8 Å². The van der Waals surface area contributed by atoms with Crippen LogP contribution >= 0.6 is 11.6 Å². The molecule has 3 nitrogen and oxygen atoms in total. The van der Waals surface area contributed by atoms with Gasteiger partial charge in [-0.3, -0.25) is 4.79 Å². The number of benzene rings is 1. The molecular formula is C13H18ClNO2. The van der Waals surface area contributed by atoms with E-state index < -0.39 is 5.60 Å². The van der Waals surface area contributed by atoms with Crippen molar-refractivity contribution in [3.8, 4) is 0 Å². The molecule has 1 amide bonds. The van der Waals surface area contributed by atoms with E-state index in [4.69, 9.17) is 16.3 Å². The van der Waals surface area contributed by atoms with E-state index >= 15 is 0 Å². The summed E-state index contributed by atoms with van der Waals surface area (Å²) in [4.78, 5) is 12.1. The summed E-state index contributed by atoms with van der Waals surface area (Å²) in [6, 6.07) is 5.40. The number of nitrogens with one attached hydrogen (secondary N) is 1. The first-order valence-electron chi connectivity index (χ1n) is 5.55. The Labute approximate surface area is 107 Å². The second kappa shape index (κ2) is 5.52. The smallest absolute Gasteiger partial charge is 0.256 e. The van der Waals surface area contributed by atoms with Gasteiger partial charge in [0, 0.05) is 17.8 Å². The lowest BCUT2D eigenvalue weighted by atomic mass is 10.0. The minimum absolute atomic E-state index is 0.159. The van der Waals surface area contributed by atoms with Crippen LogP contribution in [-0.2, 0) is 9.53 Å². The second-order valence-corrected chi connectivity index (χ2v) is 4.64. The van der Waals surface area contributed by atoms with Gasteiger partial charge in [-0.25, -0.2) is 0 Å². The third kappa shape index (κ3) is 3.20. The molecule has 0 aromatic heterocycles. The number of amides is 1. The predicted octanol–water partition coefficient (Wildman–Crippen LogP) is 3.40. The number of carbonyl (C=O) groups excluding carboxylic acids is 1. The SMILES string of the molecule is CCC(C)(OC)C(=O)Nc1cc(Cl)ccc1C. The van der Waals surface area contributed by atoms with Gasteiger partial charge in [-0.05, 0) is 38.0 Å². The molecule has 0 aliphatic carbocycles. The molecule has 0 radical (unpaired) electrons. The Bertz CT molecular complexity index is 414. The molecule has 0 spiro atoms. The molecule has 0 saturated heterocycles. The summed E-state index contributed by atoms with van der Waals surface area (Å²) in [6.45, 7) is 5.60. The fourth-order valence-electron chi connectivity index (χ4n) is 1.38. The number of halogens is 1. The van der Waals surface area contributed by atoms with E-state index in [0.717, 1.165) is 11.3 Å². The summed E-state index contributed by atoms with van der Waals surface area (Å²) >= 11 is 5.90. The van der Waals surface area contributed by atoms with Crippen molar-refractivity contribution < 1.29 is 9.53 Å². The predicted molar refractivity (Wildman–Crippen MR) is 70.5 cm³/mol. The third-order valence-electron chi connectivity index (χ3n) is 3.05. The maximum atomic E-state index is 12.1. The van der Waals surface area contributed by atoms with Gasteiger partial charge in [0.05, 0.1) is 0 Å². The van der Waals surface area contributed by atoms with Crippen LogP contribution in [-0.4, -0.2) is 18.6 Å². The Morgan fingerprint density at radius 1 is 1.53 bits per heavy atom. The molecule has 1 rings (SSSR count). The van der Waals surface area contributed by atoms with Crippen LogP contribution in [0.25, 0.3) is 0 Å². The Morgan fingerprint density at radius 2 is 2.18 bits per heavy atom. The molecule has 1 N–H and O–H groups in total. The molecule has 1 unspecified atom stereocenters. The van der Waals surface area contributed by atoms with Crippen molar-refractivity contribution in [2.24, 2.45) is 0 Å². The lowest BCUT2D eigenvalue weighted by molar-refractivity contribution is -0.136. The molecule has 0 aliphatic rings. The number of ether oxygens (including phenoxy) is 1. The van der Waals surface area contributed by atoms with Crippen molar-refractivity contribution in [2.75, 3.05) is 12.4 Å². The Balaban J connectivity index is 2.91. The zero-order valence-electron chi connectivity index (χ0n) is 10.6. The number of hydrogen-bond acceptors (Lipinski definition) is 2. The largest absolute Gasteiger partial charge is 0.369 e. The molecule has 17 heavy (non-hydrogen) atoms. The van der Waals surface area contributed by atoms with Crippen LogP contribution < -0.4 is 5.32 Å². The molecule has 94 valence electrons. The molecule has 4 heteroatoms. The molecule has 1 atom stereocenters. The van der Waals surface area contributed by atoms with Crippen LogP contribution in [0.2, 0.25) is 5.02 Å². The summed E-state index contributed by atoms with van der Waals surface area (Å²) in [7, 11) is 1.54. The van der Waals surface area contributed by atoms with E-state index in [0.29, 0.717) is 11.4 Å². The van der Waals surface area contributed by atoms with Crippen LogP contribution in [0.4, 0.5) is 5.69 Å². The van der Waals surface area contributed by atoms with Crippen LogP contribution in [0, 0.1) is 6.92 Å². The molecule has 1 aromatic rings. The molecular weight excluding hydrogens is 238 g/mol. The summed E-state index contributed by atoms with van der Waals surface area (Å²) in [5.74, 6) is -0.159. The zero-order valence-corrected chi connectivity index (χ0v) is 11.4. The monoisotopic (exact) mass is 255 g/mol. The average molecular weight is 256 g/mol. The topological polar surface area (TPSA) is 38.3 Å². The van der Waals surface area contributed by atoms with Crippen LogP contribution in [0.1, 0.15) is 25.8 Å². The Hall–Kier alpha value is -1.06. The minimum Gasteiger partial charge on any atom is -0.369 e. The summed E-state index contributed by atoms with van der Waals surface area (Å²) in [6.07, 6.45) is 0.606. The lowest BCUT2D eigenvalue weighted by Crippen LogP contribution is -2.41. The van der Waals surface area contributed by atoms with Crippen molar-refractivity contribution >= 4 is 23.2 Å². The first-order valence-corrected chi connectivity index (χ1v) is 5.93. The number of rotatable bonds is 4. The highest BCUT2D eigenvalue weighted by atomic mass is 35.5. The zero-order chi connectivity index (χ0) is 13.1. The van der Waals surface area contributed by atoms with Gasteiger partial charge in [-0.15, -0.1) is 0 Å². The van der Waals surface area contributed by atoms with Gasteiger partial charge in [0.15, 0.2) is 0 Å². The fraction of sp³-hybridized carbons (Fsp3) is 0.462. The number of hydrogen-bond donors (Lipinski definition) is 1. The minimum atomic E-state index is -0.811. The molecule has 0 bridgehead atoms. The number of aryl methyl sites for hydroxylation is 1. The maximum absolute atomic E-state index is 12.1. The highest BCUT2D eigenvalue weighted by Crippen LogP contribution is 2.23. The van der Waals surface area contributed by atoms with Crippen LogP contribution in [0.5, 0.6) is 0 Å². The fourth-order valence-corrected chi connectivity index (χ4v) is 1.55. The number of methoxy groups -OCH3 is 1. The average Bonchev–Trinajstić information content (AvgIpc) is 2.32. The van der Waals surface area contributed by atoms with Gasteiger partial charge in [0.2, 0.25) is 0 Å². The Morgan fingerprint density at radius 3 is 2.71 bits per heavy atom. The second-order valence-electron chi connectivity index (χ2n) is 4.20. The van der Waals surface area contributed by atoms with Crippen molar-refractivity contribution in [1.29, 1.82) is 0 Å². The number of carbonyl (C=O) groups is 1. The molecule has 1 aromatic carbocycles. The van der Waals surface area contributed by atoms with E-state index in [1.807, 2.05) is 19.9 Å². The van der Waals surface area contributed by atoms with Crippen LogP contribution in [0.15, 0.2) is 18.2 Å². The summed E-state index contributed by atoms with van der Waals surface area (Å²) in [5, 5.41) is 3.44. The van der Waals surface area contributed by atoms with Gasteiger partial charge >= 0.3 is 0 Å². The summed E-state index contributed by atoms with van der Waals surface area (Å²) < 4.78 is 5.25. The van der Waals surface area contributed by atoms with Crippen molar-refractivity contribution in [3.63, 3.8) is 0 Å². The summed E-state index contributed by atoms with van der Waals surface area (Å²) in [5.41, 5.74) is 0.880. The number of anilines is 1. The maximum Gasteiger partial charge on any atom is 0.256 e. The molecule has 0 saturated carbocycles. The van der Waals surface area contributed by atoms with E-state index in [1.165, 1.54) is 7.11 Å². The first kappa shape index (κ1) is 14.0. The molecule has 0 fully saturated rings. The van der Waals surface area contributed by atoms with Crippen molar-refractivity contribution in [3.05, 3.63) is 28.8 Å². The van der Waals surface area contributed by atoms with E-state index in [2.05, 4.69) is 5.32 Å². The Kier molecular flexibility index (Phi) is 4.54. The molecule has 0 aliphatic heterocycles. The van der Waals surface area contributed by atoms with Crippen molar-refractivity contribution in [1.82, 2.24) is 0 Å². The first-order chi connectivity index (χ1) is 7.92. The van der Waals surface area contributed by atoms with Gasteiger partial charge in [0.25, 0.3) is 5.91 Å². The standard InChI is InChI=1S/C13H18ClNO2/c1-5-13(3,17-4)12(16)15-11-8-10(14)7-6-9(11)2/h6-8H,5H2,1-4H3,(H,15,16). The molecule has 0 heterocycles. The lowest BCUT2D eigenvalue weighted by Gasteiger charge is -2.25. The van der Waals surface area contributed by atoms with Gasteiger partial charge < -0.3 is 10.1 Å². The van der Waals surface area contributed by atoms with E-state index in [9.17, 15) is 4.79 Å². The van der Waals surface area contributed by atoms with Gasteiger partial charge in [-0.2, -0.15) is 0 Å². The van der Waals surface area contributed by atoms with Gasteiger partial charge in [0.1, 0.15) is 5.60 Å². The van der Waals surface area contributed by atoms with Gasteiger partial charge in [-0.1, -0.05) is 24.6 Å². The van der Waals surface area contributed by atoms with E-state index in [1.54, 1.807) is 19.1 Å². The highest BCUT2D eigenvalue weighted by Gasteiger charge is 2.31. The van der Waals surface area contributed by atoms with E-state index in [-0.39, 0.29) is 5.91 Å². The third-order valence-corrected chi connectivity index (χ3v) is 3.29. The van der Waals surface area contributed by atoms with Crippen LogP contribution in [0.3, 0.4) is 0 Å². The highest BCUT2D eigenvalue weighted by molar-refractivity contribution is 6.31. The normalized spacial score (nSPS) is 14.2. The quantitative estimate of drug-likeness (QED) is 0.896.